The number of aryl methyl sites for hydroxylation is 1. The van der Waals surface area contributed by atoms with E-state index < -0.39 is 0 Å². The van der Waals surface area contributed by atoms with Crippen LogP contribution in [0.15, 0.2) is 42.9 Å². The van der Waals surface area contributed by atoms with Crippen molar-refractivity contribution >= 4 is 5.82 Å². The predicted octanol–water partition coefficient (Wildman–Crippen LogP) is 2.32. The summed E-state index contributed by atoms with van der Waals surface area (Å²) in [6.45, 7) is 5.39. The zero-order valence-corrected chi connectivity index (χ0v) is 13.2. The van der Waals surface area contributed by atoms with Crippen LogP contribution in [-0.2, 0) is 6.54 Å². The maximum absolute atomic E-state index is 4.47. The molecular weight excluding hydrogens is 274 g/mol. The number of anilines is 1. The highest BCUT2D eigenvalue weighted by Gasteiger charge is 2.21. The molecule has 2 aromatic heterocycles. The molecule has 0 saturated carbocycles. The van der Waals surface area contributed by atoms with Gasteiger partial charge in [0.1, 0.15) is 5.82 Å². The van der Waals surface area contributed by atoms with Gasteiger partial charge in [-0.1, -0.05) is 6.07 Å². The van der Waals surface area contributed by atoms with Crippen LogP contribution in [0.3, 0.4) is 0 Å². The Morgan fingerprint density at radius 2 is 2.27 bits per heavy atom. The molecule has 2 aromatic rings. The number of hydrogen-bond donors (Lipinski definition) is 1. The van der Waals surface area contributed by atoms with E-state index >= 15 is 0 Å². The Bertz CT molecular complexity index is 539. The number of aromatic nitrogens is 3. The quantitative estimate of drug-likeness (QED) is 0.889. The van der Waals surface area contributed by atoms with Crippen LogP contribution in [0.4, 0.5) is 5.82 Å². The standard InChI is InChI=1S/C17H25N5/c1-15(8-13-22-12-5-10-19-22)20-16-6-4-11-21(14-16)17-7-2-3-9-18-17/h2-3,5,7,9-10,12,15-16,20H,4,6,8,11,13-14H2,1H3/t15-,16+/m0/s1. The molecule has 5 nitrogen and oxygen atoms in total. The van der Waals surface area contributed by atoms with Gasteiger partial charge in [0.2, 0.25) is 0 Å². The van der Waals surface area contributed by atoms with Crippen molar-refractivity contribution in [3.8, 4) is 0 Å². The van der Waals surface area contributed by atoms with Crippen LogP contribution < -0.4 is 10.2 Å². The first-order valence-electron chi connectivity index (χ1n) is 8.21. The van der Waals surface area contributed by atoms with Crippen molar-refractivity contribution < 1.29 is 0 Å². The molecule has 1 fully saturated rings. The summed E-state index contributed by atoms with van der Waals surface area (Å²) >= 11 is 0. The van der Waals surface area contributed by atoms with Crippen LogP contribution in [0.1, 0.15) is 26.2 Å². The van der Waals surface area contributed by atoms with Gasteiger partial charge >= 0.3 is 0 Å². The lowest BCUT2D eigenvalue weighted by Crippen LogP contribution is -2.48. The molecule has 3 rings (SSSR count). The number of nitrogens with one attached hydrogen (secondary N) is 1. The van der Waals surface area contributed by atoms with Crippen molar-refractivity contribution in [3.05, 3.63) is 42.9 Å². The van der Waals surface area contributed by atoms with E-state index in [0.717, 1.165) is 31.9 Å². The average Bonchev–Trinajstić information content (AvgIpc) is 3.08. The van der Waals surface area contributed by atoms with Crippen molar-refractivity contribution in [2.75, 3.05) is 18.0 Å². The molecule has 0 amide bonds. The zero-order valence-electron chi connectivity index (χ0n) is 13.2. The van der Waals surface area contributed by atoms with Gasteiger partial charge in [-0.25, -0.2) is 4.98 Å². The van der Waals surface area contributed by atoms with Crippen LogP contribution in [0.5, 0.6) is 0 Å². The summed E-state index contributed by atoms with van der Waals surface area (Å²) in [4.78, 5) is 6.86. The summed E-state index contributed by atoms with van der Waals surface area (Å²) in [6.07, 6.45) is 9.30. The van der Waals surface area contributed by atoms with Crippen LogP contribution in [0.2, 0.25) is 0 Å². The second-order valence-electron chi connectivity index (χ2n) is 6.10. The van der Waals surface area contributed by atoms with E-state index in [0.29, 0.717) is 12.1 Å². The van der Waals surface area contributed by atoms with E-state index in [1.165, 1.54) is 12.8 Å². The molecule has 0 unspecified atom stereocenters. The largest absolute Gasteiger partial charge is 0.355 e. The summed E-state index contributed by atoms with van der Waals surface area (Å²) < 4.78 is 2.00. The average molecular weight is 299 g/mol. The Labute approximate surface area is 132 Å². The molecule has 22 heavy (non-hydrogen) atoms. The fraction of sp³-hybridized carbons (Fsp3) is 0.529. The van der Waals surface area contributed by atoms with Crippen molar-refractivity contribution in [2.45, 2.75) is 44.8 Å². The molecular formula is C17H25N5. The molecule has 0 radical (unpaired) electrons. The Hall–Kier alpha value is -1.88. The summed E-state index contributed by atoms with van der Waals surface area (Å²) in [5.74, 6) is 1.10. The molecule has 1 aliphatic heterocycles. The van der Waals surface area contributed by atoms with Crippen molar-refractivity contribution in [1.29, 1.82) is 0 Å². The highest BCUT2D eigenvalue weighted by Crippen LogP contribution is 2.17. The van der Waals surface area contributed by atoms with Crippen LogP contribution in [0.25, 0.3) is 0 Å². The monoisotopic (exact) mass is 299 g/mol. The second kappa shape index (κ2) is 7.40. The van der Waals surface area contributed by atoms with Crippen molar-refractivity contribution in [3.63, 3.8) is 0 Å². The molecule has 1 aliphatic rings. The molecule has 0 aliphatic carbocycles. The van der Waals surface area contributed by atoms with E-state index in [-0.39, 0.29) is 0 Å². The van der Waals surface area contributed by atoms with Gasteiger partial charge in [-0.05, 0) is 44.4 Å². The predicted molar refractivity (Wildman–Crippen MR) is 88.9 cm³/mol. The molecule has 1 saturated heterocycles. The Morgan fingerprint density at radius 3 is 3.05 bits per heavy atom. The number of piperidine rings is 1. The minimum atomic E-state index is 0.498. The highest BCUT2D eigenvalue weighted by atomic mass is 15.3. The first-order chi connectivity index (χ1) is 10.8. The number of rotatable bonds is 6. The molecule has 3 heterocycles. The molecule has 0 spiro atoms. The van der Waals surface area contributed by atoms with Gasteiger partial charge in [-0.15, -0.1) is 0 Å². The molecule has 1 N–H and O–H groups in total. The Balaban J connectivity index is 1.47. The lowest BCUT2D eigenvalue weighted by atomic mass is 10.0. The summed E-state index contributed by atoms with van der Waals surface area (Å²) in [5, 5.41) is 8.03. The first kappa shape index (κ1) is 15.0. The van der Waals surface area contributed by atoms with E-state index in [2.05, 4.69) is 39.4 Å². The van der Waals surface area contributed by atoms with Gasteiger partial charge in [-0.3, -0.25) is 4.68 Å². The maximum Gasteiger partial charge on any atom is 0.128 e. The van der Waals surface area contributed by atoms with E-state index in [1.807, 2.05) is 35.4 Å². The number of nitrogens with zero attached hydrogens (tertiary/aromatic N) is 4. The molecule has 0 aromatic carbocycles. The summed E-state index contributed by atoms with van der Waals surface area (Å²) in [7, 11) is 0. The third-order valence-electron chi connectivity index (χ3n) is 4.27. The fourth-order valence-corrected chi connectivity index (χ4v) is 3.11. The lowest BCUT2D eigenvalue weighted by Gasteiger charge is -2.35. The summed E-state index contributed by atoms with van der Waals surface area (Å²) in [5.41, 5.74) is 0. The zero-order chi connectivity index (χ0) is 15.2. The minimum absolute atomic E-state index is 0.498. The van der Waals surface area contributed by atoms with Crippen molar-refractivity contribution in [1.82, 2.24) is 20.1 Å². The van der Waals surface area contributed by atoms with Crippen LogP contribution in [-0.4, -0.2) is 39.9 Å². The molecule has 118 valence electrons. The fourth-order valence-electron chi connectivity index (χ4n) is 3.11. The second-order valence-corrected chi connectivity index (χ2v) is 6.10. The summed E-state index contributed by atoms with van der Waals surface area (Å²) in [6, 6.07) is 9.15. The smallest absolute Gasteiger partial charge is 0.128 e. The van der Waals surface area contributed by atoms with Gasteiger partial charge in [0, 0.05) is 50.3 Å². The van der Waals surface area contributed by atoms with E-state index in [4.69, 9.17) is 0 Å². The third kappa shape index (κ3) is 4.07. The maximum atomic E-state index is 4.47. The van der Waals surface area contributed by atoms with Gasteiger partial charge in [0.05, 0.1) is 0 Å². The Kier molecular flexibility index (Phi) is 5.06. The van der Waals surface area contributed by atoms with Gasteiger partial charge in [0.25, 0.3) is 0 Å². The molecule has 5 heteroatoms. The Morgan fingerprint density at radius 1 is 1.32 bits per heavy atom. The van der Waals surface area contributed by atoms with Gasteiger partial charge in [-0.2, -0.15) is 5.10 Å². The highest BCUT2D eigenvalue weighted by molar-refractivity contribution is 5.38. The van der Waals surface area contributed by atoms with Gasteiger partial charge in [0.15, 0.2) is 0 Å². The van der Waals surface area contributed by atoms with Crippen molar-refractivity contribution in [2.24, 2.45) is 0 Å². The third-order valence-corrected chi connectivity index (χ3v) is 4.27. The first-order valence-corrected chi connectivity index (χ1v) is 8.21. The normalized spacial score (nSPS) is 20.0. The lowest BCUT2D eigenvalue weighted by molar-refractivity contribution is 0.360. The minimum Gasteiger partial charge on any atom is -0.355 e. The molecule has 0 bridgehead atoms. The van der Waals surface area contributed by atoms with E-state index in [9.17, 15) is 0 Å². The van der Waals surface area contributed by atoms with Crippen LogP contribution in [0, 0.1) is 0 Å². The SMILES string of the molecule is C[C@@H](CCn1cccn1)N[C@@H]1CCCN(c2ccccn2)C1. The van der Waals surface area contributed by atoms with Crippen LogP contribution >= 0.6 is 0 Å². The van der Waals surface area contributed by atoms with E-state index in [1.54, 1.807) is 0 Å². The number of pyridine rings is 1. The number of hydrogen-bond acceptors (Lipinski definition) is 4. The molecule has 2 atom stereocenters. The van der Waals surface area contributed by atoms with Gasteiger partial charge < -0.3 is 10.2 Å². The topological polar surface area (TPSA) is 46.0 Å².